The summed E-state index contributed by atoms with van der Waals surface area (Å²) in [6.45, 7) is 8.79. The second kappa shape index (κ2) is 4.40. The van der Waals surface area contributed by atoms with Gasteiger partial charge in [0.25, 0.3) is 0 Å². The van der Waals surface area contributed by atoms with E-state index < -0.39 is 0 Å². The Hall–Kier alpha value is -1.50. The molecule has 0 atom stereocenters. The van der Waals surface area contributed by atoms with Crippen molar-refractivity contribution in [3.63, 3.8) is 0 Å². The van der Waals surface area contributed by atoms with Crippen LogP contribution in [0.2, 0.25) is 0 Å². The van der Waals surface area contributed by atoms with E-state index in [0.717, 1.165) is 23.5 Å². The Morgan fingerprint density at radius 1 is 1.06 bits per heavy atom. The van der Waals surface area contributed by atoms with Crippen molar-refractivity contribution in [3.05, 3.63) is 47.7 Å². The Bertz CT molecular complexity index is 500. The maximum absolute atomic E-state index is 5.79. The largest absolute Gasteiger partial charge is 0.461 e. The highest BCUT2D eigenvalue weighted by Gasteiger charge is 2.14. The minimum Gasteiger partial charge on any atom is -0.461 e. The van der Waals surface area contributed by atoms with E-state index in [0.29, 0.717) is 0 Å². The first-order valence-electron chi connectivity index (χ1n) is 6.20. The quantitative estimate of drug-likeness (QED) is 0.719. The first-order chi connectivity index (χ1) is 8.00. The summed E-state index contributed by atoms with van der Waals surface area (Å²) >= 11 is 0. The van der Waals surface area contributed by atoms with Crippen molar-refractivity contribution in [3.8, 4) is 11.3 Å². The van der Waals surface area contributed by atoms with Crippen LogP contribution in [-0.2, 0) is 11.8 Å². The van der Waals surface area contributed by atoms with Gasteiger partial charge in [0.15, 0.2) is 0 Å². The molecule has 90 valence electrons. The number of benzene rings is 1. The SMILES string of the molecule is CCc1ccc(-c2cccc(C(C)(C)C)c2)o1. The van der Waals surface area contributed by atoms with Crippen molar-refractivity contribution < 1.29 is 4.42 Å². The summed E-state index contributed by atoms with van der Waals surface area (Å²) in [5.74, 6) is 2.01. The van der Waals surface area contributed by atoms with Crippen LogP contribution < -0.4 is 0 Å². The molecule has 1 heterocycles. The average molecular weight is 228 g/mol. The fourth-order valence-corrected chi connectivity index (χ4v) is 1.86. The molecule has 0 saturated carbocycles. The van der Waals surface area contributed by atoms with E-state index in [1.54, 1.807) is 0 Å². The average Bonchev–Trinajstić information content (AvgIpc) is 2.76. The summed E-state index contributed by atoms with van der Waals surface area (Å²) in [4.78, 5) is 0. The zero-order valence-corrected chi connectivity index (χ0v) is 11.1. The minimum absolute atomic E-state index is 0.177. The number of furan rings is 1. The van der Waals surface area contributed by atoms with Gasteiger partial charge in [-0.3, -0.25) is 0 Å². The van der Waals surface area contributed by atoms with Crippen LogP contribution in [-0.4, -0.2) is 0 Å². The van der Waals surface area contributed by atoms with Crippen LogP contribution in [0.1, 0.15) is 39.0 Å². The van der Waals surface area contributed by atoms with Crippen molar-refractivity contribution in [2.24, 2.45) is 0 Å². The Morgan fingerprint density at radius 3 is 2.41 bits per heavy atom. The molecule has 2 aromatic rings. The molecule has 1 nitrogen and oxygen atoms in total. The lowest BCUT2D eigenvalue weighted by Gasteiger charge is -2.19. The van der Waals surface area contributed by atoms with Gasteiger partial charge in [0.05, 0.1) is 0 Å². The normalized spacial score (nSPS) is 11.8. The molecule has 1 heteroatoms. The summed E-state index contributed by atoms with van der Waals surface area (Å²) in [6, 6.07) is 12.7. The molecule has 17 heavy (non-hydrogen) atoms. The molecule has 0 aliphatic heterocycles. The molecule has 0 fully saturated rings. The van der Waals surface area contributed by atoms with Crippen LogP contribution >= 0.6 is 0 Å². The molecule has 0 aliphatic rings. The molecule has 1 aromatic heterocycles. The second-order valence-electron chi connectivity index (χ2n) is 5.45. The van der Waals surface area contributed by atoms with Crippen LogP contribution in [0, 0.1) is 0 Å². The number of hydrogen-bond donors (Lipinski definition) is 0. The smallest absolute Gasteiger partial charge is 0.134 e. The van der Waals surface area contributed by atoms with Crippen LogP contribution in [0.3, 0.4) is 0 Å². The highest BCUT2D eigenvalue weighted by Crippen LogP contribution is 2.28. The Balaban J connectivity index is 2.39. The fraction of sp³-hybridized carbons (Fsp3) is 0.375. The van der Waals surface area contributed by atoms with Gasteiger partial charge >= 0.3 is 0 Å². The monoisotopic (exact) mass is 228 g/mol. The Kier molecular flexibility index (Phi) is 3.10. The van der Waals surface area contributed by atoms with Gasteiger partial charge in [-0.15, -0.1) is 0 Å². The molecule has 0 spiro atoms. The number of hydrogen-bond acceptors (Lipinski definition) is 1. The summed E-state index contributed by atoms with van der Waals surface area (Å²) in [7, 11) is 0. The van der Waals surface area contributed by atoms with Gasteiger partial charge in [0, 0.05) is 12.0 Å². The van der Waals surface area contributed by atoms with Crippen molar-refractivity contribution >= 4 is 0 Å². The van der Waals surface area contributed by atoms with E-state index >= 15 is 0 Å². The van der Waals surface area contributed by atoms with E-state index in [2.05, 4.69) is 64.1 Å². The number of aryl methyl sites for hydroxylation is 1. The van der Waals surface area contributed by atoms with E-state index in [1.807, 2.05) is 0 Å². The third-order valence-corrected chi connectivity index (χ3v) is 3.02. The summed E-state index contributed by atoms with van der Waals surface area (Å²) < 4.78 is 5.79. The van der Waals surface area contributed by atoms with E-state index in [4.69, 9.17) is 4.42 Å². The van der Waals surface area contributed by atoms with E-state index in [-0.39, 0.29) is 5.41 Å². The van der Waals surface area contributed by atoms with Crippen LogP contribution in [0.5, 0.6) is 0 Å². The maximum atomic E-state index is 5.79. The number of rotatable bonds is 2. The summed E-state index contributed by atoms with van der Waals surface area (Å²) in [6.07, 6.45) is 0.943. The van der Waals surface area contributed by atoms with E-state index in [1.165, 1.54) is 5.56 Å². The van der Waals surface area contributed by atoms with Crippen LogP contribution in [0.25, 0.3) is 11.3 Å². The van der Waals surface area contributed by atoms with Crippen LogP contribution in [0.4, 0.5) is 0 Å². The molecular weight excluding hydrogens is 208 g/mol. The van der Waals surface area contributed by atoms with Gasteiger partial charge < -0.3 is 4.42 Å². The summed E-state index contributed by atoms with van der Waals surface area (Å²) in [5, 5.41) is 0. The third kappa shape index (κ3) is 2.60. The predicted octanol–water partition coefficient (Wildman–Crippen LogP) is 4.81. The van der Waals surface area contributed by atoms with Crippen molar-refractivity contribution in [1.29, 1.82) is 0 Å². The highest BCUT2D eigenvalue weighted by atomic mass is 16.3. The lowest BCUT2D eigenvalue weighted by molar-refractivity contribution is 0.529. The fourth-order valence-electron chi connectivity index (χ4n) is 1.86. The Morgan fingerprint density at radius 2 is 1.82 bits per heavy atom. The first-order valence-corrected chi connectivity index (χ1v) is 6.20. The molecule has 0 unspecified atom stereocenters. The minimum atomic E-state index is 0.177. The molecule has 2 rings (SSSR count). The molecular formula is C16H20O. The maximum Gasteiger partial charge on any atom is 0.134 e. The zero-order chi connectivity index (χ0) is 12.5. The van der Waals surface area contributed by atoms with Gasteiger partial charge in [0.1, 0.15) is 11.5 Å². The second-order valence-corrected chi connectivity index (χ2v) is 5.45. The summed E-state index contributed by atoms with van der Waals surface area (Å²) in [5.41, 5.74) is 2.68. The molecule has 0 saturated heterocycles. The van der Waals surface area contributed by atoms with Gasteiger partial charge in [-0.1, -0.05) is 45.9 Å². The van der Waals surface area contributed by atoms with Crippen molar-refractivity contribution in [2.75, 3.05) is 0 Å². The molecule has 0 radical (unpaired) electrons. The topological polar surface area (TPSA) is 13.1 Å². The lowest BCUT2D eigenvalue weighted by atomic mass is 9.86. The molecule has 0 bridgehead atoms. The lowest BCUT2D eigenvalue weighted by Crippen LogP contribution is -2.10. The van der Waals surface area contributed by atoms with Gasteiger partial charge in [-0.05, 0) is 29.2 Å². The van der Waals surface area contributed by atoms with Crippen molar-refractivity contribution in [2.45, 2.75) is 39.5 Å². The Labute approximate surface area is 103 Å². The molecule has 0 aliphatic carbocycles. The molecule has 0 amide bonds. The van der Waals surface area contributed by atoms with Gasteiger partial charge in [0.2, 0.25) is 0 Å². The standard InChI is InChI=1S/C16H20O/c1-5-14-9-10-15(17-14)12-7-6-8-13(11-12)16(2,3)4/h6-11H,5H2,1-4H3. The highest BCUT2D eigenvalue weighted by molar-refractivity contribution is 5.59. The molecule has 0 N–H and O–H groups in total. The predicted molar refractivity (Wildman–Crippen MR) is 72.2 cm³/mol. The zero-order valence-electron chi connectivity index (χ0n) is 11.1. The molecule has 1 aromatic carbocycles. The van der Waals surface area contributed by atoms with E-state index in [9.17, 15) is 0 Å². The van der Waals surface area contributed by atoms with Crippen LogP contribution in [0.15, 0.2) is 40.8 Å². The van der Waals surface area contributed by atoms with Crippen molar-refractivity contribution in [1.82, 2.24) is 0 Å². The third-order valence-electron chi connectivity index (χ3n) is 3.02. The van der Waals surface area contributed by atoms with Gasteiger partial charge in [-0.2, -0.15) is 0 Å². The van der Waals surface area contributed by atoms with Gasteiger partial charge in [-0.25, -0.2) is 0 Å². The first kappa shape index (κ1) is 12.0.